The fraction of sp³-hybridized carbons (Fsp3) is 0.438. The lowest BCUT2D eigenvalue weighted by Crippen LogP contribution is -2.50. The average molecular weight is 271 g/mol. The molecule has 1 saturated carbocycles. The SMILES string of the molecule is NC1(CC(=O)NCCc2c[nH]c3ccccc23)CCC1. The number of hydrogen-bond donors (Lipinski definition) is 3. The van der Waals surface area contributed by atoms with Crippen molar-refractivity contribution < 1.29 is 4.79 Å². The van der Waals surface area contributed by atoms with E-state index >= 15 is 0 Å². The monoisotopic (exact) mass is 271 g/mol. The second kappa shape index (κ2) is 5.29. The standard InChI is InChI=1S/C16H21N3O/c17-16(7-3-8-16)10-15(20)18-9-6-12-11-19-14-5-2-1-4-13(12)14/h1-2,4-5,11,19H,3,6-10,17H2,(H,18,20). The van der Waals surface area contributed by atoms with Gasteiger partial charge >= 0.3 is 0 Å². The Kier molecular flexibility index (Phi) is 3.49. The maximum atomic E-state index is 11.8. The number of fused-ring (bicyclic) bond motifs is 1. The molecule has 1 aliphatic carbocycles. The van der Waals surface area contributed by atoms with Gasteiger partial charge < -0.3 is 16.0 Å². The van der Waals surface area contributed by atoms with E-state index in [2.05, 4.69) is 22.4 Å². The smallest absolute Gasteiger partial charge is 0.221 e. The van der Waals surface area contributed by atoms with Crippen LogP contribution in [0.15, 0.2) is 30.5 Å². The number of aromatic amines is 1. The normalized spacial score (nSPS) is 16.9. The highest BCUT2D eigenvalue weighted by Crippen LogP contribution is 2.31. The molecular weight excluding hydrogens is 250 g/mol. The molecule has 106 valence electrons. The van der Waals surface area contributed by atoms with Crippen LogP contribution in [0.5, 0.6) is 0 Å². The van der Waals surface area contributed by atoms with E-state index < -0.39 is 0 Å². The van der Waals surface area contributed by atoms with Gasteiger partial charge in [0.05, 0.1) is 0 Å². The Balaban J connectivity index is 1.51. The van der Waals surface area contributed by atoms with Crippen molar-refractivity contribution in [2.75, 3.05) is 6.54 Å². The molecule has 0 unspecified atom stereocenters. The number of amides is 1. The van der Waals surface area contributed by atoms with Crippen molar-refractivity contribution >= 4 is 16.8 Å². The number of para-hydroxylation sites is 1. The zero-order chi connectivity index (χ0) is 14.0. The number of nitrogens with one attached hydrogen (secondary N) is 2. The molecule has 0 saturated heterocycles. The summed E-state index contributed by atoms with van der Waals surface area (Å²) in [4.78, 5) is 15.1. The highest BCUT2D eigenvalue weighted by atomic mass is 16.1. The molecule has 1 heterocycles. The van der Waals surface area contributed by atoms with Crippen LogP contribution < -0.4 is 11.1 Å². The molecule has 1 aliphatic rings. The summed E-state index contributed by atoms with van der Waals surface area (Å²) in [6.45, 7) is 0.663. The summed E-state index contributed by atoms with van der Waals surface area (Å²) in [5.41, 5.74) is 8.23. The van der Waals surface area contributed by atoms with E-state index in [1.54, 1.807) is 0 Å². The Labute approximate surface area is 118 Å². The lowest BCUT2D eigenvalue weighted by molar-refractivity contribution is -0.122. The third-order valence-electron chi connectivity index (χ3n) is 4.25. The minimum absolute atomic E-state index is 0.0760. The van der Waals surface area contributed by atoms with Crippen LogP contribution in [0.25, 0.3) is 10.9 Å². The zero-order valence-corrected chi connectivity index (χ0v) is 11.6. The van der Waals surface area contributed by atoms with Crippen LogP contribution in [0, 0.1) is 0 Å². The number of carbonyl (C=O) groups is 1. The predicted octanol–water partition coefficient (Wildman–Crippen LogP) is 2.10. The van der Waals surface area contributed by atoms with E-state index in [-0.39, 0.29) is 11.4 Å². The molecule has 4 N–H and O–H groups in total. The lowest BCUT2D eigenvalue weighted by Gasteiger charge is -2.37. The Bertz CT molecular complexity index is 613. The molecule has 2 aromatic rings. The Morgan fingerprint density at radius 2 is 2.15 bits per heavy atom. The molecule has 1 amide bonds. The number of aromatic nitrogens is 1. The Morgan fingerprint density at radius 3 is 2.90 bits per heavy atom. The third kappa shape index (κ3) is 2.70. The van der Waals surface area contributed by atoms with Gasteiger partial charge in [-0.1, -0.05) is 18.2 Å². The number of benzene rings is 1. The minimum Gasteiger partial charge on any atom is -0.361 e. The molecule has 0 aliphatic heterocycles. The van der Waals surface area contributed by atoms with Crippen molar-refractivity contribution in [1.82, 2.24) is 10.3 Å². The van der Waals surface area contributed by atoms with E-state index in [9.17, 15) is 4.79 Å². The molecule has 0 spiro atoms. The number of hydrogen-bond acceptors (Lipinski definition) is 2. The van der Waals surface area contributed by atoms with Gasteiger partial charge in [-0.25, -0.2) is 0 Å². The topological polar surface area (TPSA) is 70.9 Å². The van der Waals surface area contributed by atoms with Crippen LogP contribution >= 0.6 is 0 Å². The van der Waals surface area contributed by atoms with Gasteiger partial charge in [0.15, 0.2) is 0 Å². The maximum absolute atomic E-state index is 11.8. The van der Waals surface area contributed by atoms with Gasteiger partial charge in [-0.15, -0.1) is 0 Å². The zero-order valence-electron chi connectivity index (χ0n) is 11.6. The molecule has 0 bridgehead atoms. The Morgan fingerprint density at radius 1 is 1.35 bits per heavy atom. The fourth-order valence-corrected chi connectivity index (χ4v) is 2.86. The average Bonchev–Trinajstić information content (AvgIpc) is 2.81. The first-order chi connectivity index (χ1) is 9.66. The fourth-order valence-electron chi connectivity index (χ4n) is 2.86. The second-order valence-corrected chi connectivity index (χ2v) is 5.85. The number of nitrogens with two attached hydrogens (primary N) is 1. The number of rotatable bonds is 5. The van der Waals surface area contributed by atoms with E-state index in [0.29, 0.717) is 13.0 Å². The van der Waals surface area contributed by atoms with Gasteiger partial charge in [0.2, 0.25) is 5.91 Å². The van der Waals surface area contributed by atoms with Gasteiger partial charge in [0.25, 0.3) is 0 Å². The van der Waals surface area contributed by atoms with Crippen LogP contribution in [-0.2, 0) is 11.2 Å². The first-order valence-corrected chi connectivity index (χ1v) is 7.27. The van der Waals surface area contributed by atoms with E-state index in [1.165, 1.54) is 10.9 Å². The molecule has 4 nitrogen and oxygen atoms in total. The van der Waals surface area contributed by atoms with Crippen LogP contribution in [0.3, 0.4) is 0 Å². The van der Waals surface area contributed by atoms with Crippen molar-refractivity contribution in [3.05, 3.63) is 36.0 Å². The van der Waals surface area contributed by atoms with E-state index in [0.717, 1.165) is 31.2 Å². The minimum atomic E-state index is -0.231. The van der Waals surface area contributed by atoms with E-state index in [4.69, 9.17) is 5.73 Å². The van der Waals surface area contributed by atoms with Crippen molar-refractivity contribution in [1.29, 1.82) is 0 Å². The van der Waals surface area contributed by atoms with Crippen LogP contribution in [0.2, 0.25) is 0 Å². The van der Waals surface area contributed by atoms with Gasteiger partial charge in [0, 0.05) is 35.6 Å². The Hall–Kier alpha value is -1.81. The maximum Gasteiger partial charge on any atom is 0.221 e. The summed E-state index contributed by atoms with van der Waals surface area (Å²) in [6, 6.07) is 8.22. The lowest BCUT2D eigenvalue weighted by atomic mass is 9.75. The first-order valence-electron chi connectivity index (χ1n) is 7.27. The van der Waals surface area contributed by atoms with E-state index in [1.807, 2.05) is 18.3 Å². The van der Waals surface area contributed by atoms with Gasteiger partial charge in [-0.3, -0.25) is 4.79 Å². The summed E-state index contributed by atoms with van der Waals surface area (Å²) in [5.74, 6) is 0.0760. The van der Waals surface area contributed by atoms with Crippen molar-refractivity contribution in [2.45, 2.75) is 37.6 Å². The van der Waals surface area contributed by atoms with Crippen molar-refractivity contribution in [2.24, 2.45) is 5.73 Å². The molecule has 20 heavy (non-hydrogen) atoms. The summed E-state index contributed by atoms with van der Waals surface area (Å²) in [7, 11) is 0. The molecule has 4 heteroatoms. The molecule has 1 fully saturated rings. The van der Waals surface area contributed by atoms with Crippen LogP contribution in [0.4, 0.5) is 0 Å². The quantitative estimate of drug-likeness (QED) is 0.779. The summed E-state index contributed by atoms with van der Waals surface area (Å²) >= 11 is 0. The molecule has 0 atom stereocenters. The largest absolute Gasteiger partial charge is 0.361 e. The predicted molar refractivity (Wildman–Crippen MR) is 80.4 cm³/mol. The molecular formula is C16H21N3O. The third-order valence-corrected chi connectivity index (χ3v) is 4.25. The summed E-state index contributed by atoms with van der Waals surface area (Å²) in [6.07, 6.45) is 6.42. The molecule has 1 aromatic carbocycles. The van der Waals surface area contributed by atoms with Crippen LogP contribution in [-0.4, -0.2) is 23.0 Å². The number of H-pyrrole nitrogens is 1. The summed E-state index contributed by atoms with van der Waals surface area (Å²) < 4.78 is 0. The highest BCUT2D eigenvalue weighted by Gasteiger charge is 2.34. The second-order valence-electron chi connectivity index (χ2n) is 5.85. The van der Waals surface area contributed by atoms with Crippen molar-refractivity contribution in [3.63, 3.8) is 0 Å². The highest BCUT2D eigenvalue weighted by molar-refractivity contribution is 5.83. The van der Waals surface area contributed by atoms with Gasteiger partial charge in [0.1, 0.15) is 0 Å². The molecule has 1 aromatic heterocycles. The van der Waals surface area contributed by atoms with Gasteiger partial charge in [-0.05, 0) is 37.3 Å². The van der Waals surface area contributed by atoms with Crippen molar-refractivity contribution in [3.8, 4) is 0 Å². The van der Waals surface area contributed by atoms with Crippen LogP contribution in [0.1, 0.15) is 31.2 Å². The molecule has 0 radical (unpaired) electrons. The summed E-state index contributed by atoms with van der Waals surface area (Å²) in [5, 5.41) is 4.21. The first kappa shape index (κ1) is 13.2. The van der Waals surface area contributed by atoms with Gasteiger partial charge in [-0.2, -0.15) is 0 Å². The molecule has 3 rings (SSSR count). The number of carbonyl (C=O) groups excluding carboxylic acids is 1.